The Morgan fingerprint density at radius 2 is 2.04 bits per heavy atom. The summed E-state index contributed by atoms with van der Waals surface area (Å²) in [6, 6.07) is 10.2. The predicted octanol–water partition coefficient (Wildman–Crippen LogP) is 2.93. The summed E-state index contributed by atoms with van der Waals surface area (Å²) < 4.78 is 7.97. The maximum absolute atomic E-state index is 5.81. The van der Waals surface area contributed by atoms with Gasteiger partial charge in [0.25, 0.3) is 0 Å². The number of morpholine rings is 1. The fourth-order valence-electron chi connectivity index (χ4n) is 2.96. The molecular weight excluding hydrogens is 347 g/mol. The van der Waals surface area contributed by atoms with Crippen molar-refractivity contribution in [3.05, 3.63) is 48.9 Å². The van der Waals surface area contributed by atoms with E-state index in [1.807, 2.05) is 36.8 Å². The Bertz CT molecular complexity index is 782. The Labute approximate surface area is 153 Å². The third-order valence-corrected chi connectivity index (χ3v) is 4.01. The van der Waals surface area contributed by atoms with Crippen LogP contribution in [0.3, 0.4) is 0 Å². The third-order valence-electron chi connectivity index (χ3n) is 4.01. The molecule has 3 heterocycles. The fourth-order valence-corrected chi connectivity index (χ4v) is 2.96. The Morgan fingerprint density at radius 1 is 1.12 bits per heavy atom. The van der Waals surface area contributed by atoms with Gasteiger partial charge in [0, 0.05) is 42.6 Å². The monoisotopic (exact) mass is 366 g/mol. The molecule has 1 fully saturated rings. The van der Waals surface area contributed by atoms with Crippen molar-refractivity contribution in [1.82, 2.24) is 19.9 Å². The molecule has 0 radical (unpaired) electrons. The summed E-state index contributed by atoms with van der Waals surface area (Å²) >= 11 is 0. The van der Waals surface area contributed by atoms with Crippen molar-refractivity contribution in [2.24, 2.45) is 0 Å². The lowest BCUT2D eigenvalue weighted by Crippen LogP contribution is -2.40. The minimum absolute atomic E-state index is 0. The molecule has 0 saturated carbocycles. The van der Waals surface area contributed by atoms with Gasteiger partial charge in [-0.15, -0.1) is 24.8 Å². The molecule has 2 aromatic heterocycles. The van der Waals surface area contributed by atoms with E-state index >= 15 is 0 Å². The normalized spacial score (nSPS) is 17.1. The van der Waals surface area contributed by atoms with Crippen LogP contribution in [0.15, 0.2) is 48.9 Å². The van der Waals surface area contributed by atoms with Crippen molar-refractivity contribution >= 4 is 35.7 Å². The first kappa shape index (κ1) is 18.7. The maximum Gasteiger partial charge on any atom is 0.140 e. The molecule has 1 aliphatic rings. The van der Waals surface area contributed by atoms with Gasteiger partial charge in [-0.2, -0.15) is 0 Å². The van der Waals surface area contributed by atoms with E-state index < -0.39 is 0 Å². The Hall–Kier alpha value is -1.66. The van der Waals surface area contributed by atoms with Gasteiger partial charge in [-0.3, -0.25) is 4.98 Å². The number of aromatic nitrogens is 3. The highest BCUT2D eigenvalue weighted by atomic mass is 35.5. The van der Waals surface area contributed by atoms with Gasteiger partial charge in [0.15, 0.2) is 0 Å². The minimum Gasteiger partial charge on any atom is -0.374 e. The van der Waals surface area contributed by atoms with Crippen molar-refractivity contribution in [2.75, 3.05) is 19.7 Å². The molecule has 1 aliphatic heterocycles. The van der Waals surface area contributed by atoms with Gasteiger partial charge in [0.05, 0.1) is 24.8 Å². The van der Waals surface area contributed by atoms with Crippen molar-refractivity contribution in [3.8, 4) is 11.4 Å². The number of hydrogen-bond donors (Lipinski definition) is 1. The molecule has 1 unspecified atom stereocenters. The number of nitrogens with zero attached hydrogens (tertiary/aromatic N) is 3. The fraction of sp³-hybridized carbons (Fsp3) is 0.294. The Morgan fingerprint density at radius 3 is 2.88 bits per heavy atom. The van der Waals surface area contributed by atoms with Crippen LogP contribution in [0.5, 0.6) is 0 Å². The number of nitrogens with one attached hydrogen (secondary N) is 1. The maximum atomic E-state index is 5.81. The molecule has 128 valence electrons. The number of halogens is 2. The molecule has 0 amide bonds. The Balaban J connectivity index is 0.00000104. The van der Waals surface area contributed by atoms with Crippen LogP contribution in [0.4, 0.5) is 0 Å². The van der Waals surface area contributed by atoms with Crippen molar-refractivity contribution in [1.29, 1.82) is 0 Å². The number of imidazole rings is 1. The van der Waals surface area contributed by atoms with Crippen LogP contribution < -0.4 is 5.32 Å². The van der Waals surface area contributed by atoms with Gasteiger partial charge in [-0.25, -0.2) is 4.98 Å². The molecular formula is C17H20Cl2N4O. The molecule has 7 heteroatoms. The van der Waals surface area contributed by atoms with Crippen LogP contribution in [-0.4, -0.2) is 40.3 Å². The number of benzene rings is 1. The van der Waals surface area contributed by atoms with Gasteiger partial charge >= 0.3 is 0 Å². The molecule has 4 rings (SSSR count). The largest absolute Gasteiger partial charge is 0.374 e. The van der Waals surface area contributed by atoms with Crippen LogP contribution in [-0.2, 0) is 11.3 Å². The number of pyridine rings is 1. The molecule has 5 nitrogen and oxygen atoms in total. The first-order valence-corrected chi connectivity index (χ1v) is 7.59. The average molecular weight is 367 g/mol. The average Bonchev–Trinajstić information content (AvgIpc) is 3.03. The second-order valence-electron chi connectivity index (χ2n) is 5.48. The van der Waals surface area contributed by atoms with Crippen molar-refractivity contribution in [3.63, 3.8) is 0 Å². The van der Waals surface area contributed by atoms with E-state index in [1.54, 1.807) is 0 Å². The van der Waals surface area contributed by atoms with Crippen LogP contribution in [0.1, 0.15) is 0 Å². The summed E-state index contributed by atoms with van der Waals surface area (Å²) in [5.74, 6) is 0.966. The highest BCUT2D eigenvalue weighted by molar-refractivity contribution is 5.92. The van der Waals surface area contributed by atoms with Crippen LogP contribution in [0, 0.1) is 0 Å². The predicted molar refractivity (Wildman–Crippen MR) is 100 cm³/mol. The van der Waals surface area contributed by atoms with E-state index in [4.69, 9.17) is 4.74 Å². The van der Waals surface area contributed by atoms with Gasteiger partial charge < -0.3 is 14.6 Å². The van der Waals surface area contributed by atoms with E-state index in [2.05, 4.69) is 32.0 Å². The molecule has 0 spiro atoms. The summed E-state index contributed by atoms with van der Waals surface area (Å²) in [5.41, 5.74) is 2.10. The molecule has 24 heavy (non-hydrogen) atoms. The van der Waals surface area contributed by atoms with E-state index in [-0.39, 0.29) is 30.9 Å². The molecule has 1 aromatic carbocycles. The van der Waals surface area contributed by atoms with Gasteiger partial charge in [-0.05, 0) is 12.1 Å². The number of fused-ring (bicyclic) bond motifs is 1. The highest BCUT2D eigenvalue weighted by Crippen LogP contribution is 2.26. The second kappa shape index (κ2) is 8.44. The van der Waals surface area contributed by atoms with Crippen molar-refractivity contribution < 1.29 is 4.74 Å². The summed E-state index contributed by atoms with van der Waals surface area (Å²) in [7, 11) is 0. The van der Waals surface area contributed by atoms with Gasteiger partial charge in [0.2, 0.25) is 0 Å². The zero-order valence-corrected chi connectivity index (χ0v) is 14.7. The van der Waals surface area contributed by atoms with Gasteiger partial charge in [-0.1, -0.05) is 18.2 Å². The lowest BCUT2D eigenvalue weighted by atomic mass is 10.1. The third kappa shape index (κ3) is 3.70. The first-order valence-electron chi connectivity index (χ1n) is 7.59. The van der Waals surface area contributed by atoms with Gasteiger partial charge in [0.1, 0.15) is 5.82 Å². The summed E-state index contributed by atoms with van der Waals surface area (Å²) in [6.07, 6.45) is 5.87. The van der Waals surface area contributed by atoms with E-state index in [1.165, 1.54) is 0 Å². The standard InChI is InChI=1S/C17H18N4O.2ClH/c1-3-15(14-4-2-6-19-16(14)5-1)17-20-7-9-21(17)12-13-11-18-8-10-22-13;;/h1-7,9,13,18H,8,10-12H2;2*1H. The molecule has 1 saturated heterocycles. The SMILES string of the molecule is Cl.Cl.c1cc(-c2nccn2CC2CNCCO2)c2cccnc2c1. The molecule has 3 aromatic rings. The lowest BCUT2D eigenvalue weighted by molar-refractivity contribution is 0.0185. The number of ether oxygens (including phenoxy) is 1. The topological polar surface area (TPSA) is 52.0 Å². The smallest absolute Gasteiger partial charge is 0.140 e. The minimum atomic E-state index is 0. The van der Waals surface area contributed by atoms with Crippen molar-refractivity contribution in [2.45, 2.75) is 12.6 Å². The van der Waals surface area contributed by atoms with E-state index in [9.17, 15) is 0 Å². The Kier molecular flexibility index (Phi) is 6.57. The quantitative estimate of drug-likeness (QED) is 0.774. The molecule has 1 atom stereocenters. The molecule has 1 N–H and O–H groups in total. The summed E-state index contributed by atoms with van der Waals surface area (Å²) in [5, 5.41) is 4.49. The molecule has 0 aliphatic carbocycles. The molecule has 0 bridgehead atoms. The number of hydrogen-bond acceptors (Lipinski definition) is 4. The van der Waals surface area contributed by atoms with Crippen LogP contribution >= 0.6 is 24.8 Å². The first-order chi connectivity index (χ1) is 10.9. The zero-order valence-electron chi connectivity index (χ0n) is 13.1. The van der Waals surface area contributed by atoms with E-state index in [0.29, 0.717) is 0 Å². The number of rotatable bonds is 3. The summed E-state index contributed by atoms with van der Waals surface area (Å²) in [6.45, 7) is 3.39. The zero-order chi connectivity index (χ0) is 14.8. The summed E-state index contributed by atoms with van der Waals surface area (Å²) in [4.78, 5) is 8.99. The highest BCUT2D eigenvalue weighted by Gasteiger charge is 2.17. The van der Waals surface area contributed by atoms with Crippen LogP contribution in [0.25, 0.3) is 22.3 Å². The van der Waals surface area contributed by atoms with Crippen LogP contribution in [0.2, 0.25) is 0 Å². The lowest BCUT2D eigenvalue weighted by Gasteiger charge is -2.24. The second-order valence-corrected chi connectivity index (χ2v) is 5.48. The van der Waals surface area contributed by atoms with E-state index in [0.717, 1.165) is 48.5 Å².